The molecule has 1 aliphatic rings. The highest BCUT2D eigenvalue weighted by molar-refractivity contribution is 7.90. The maximum atomic E-state index is 11.8. The predicted octanol–water partition coefficient (Wildman–Crippen LogP) is 1.76. The fourth-order valence-electron chi connectivity index (χ4n) is 1.89. The molecule has 0 atom stereocenters. The number of hydrazone groups is 1. The van der Waals surface area contributed by atoms with Crippen molar-refractivity contribution in [2.75, 3.05) is 0 Å². The number of hydrogen-bond acceptors (Lipinski definition) is 4. The molecule has 0 aromatic heterocycles. The fourth-order valence-corrected chi connectivity index (χ4v) is 3.06. The standard InChI is InChI=1S/C14H11N3O2S/c18-20(19)13-9-5-4-8-12(13)14(17-20)16-15-10-11-6-2-1-3-7-11/h1-10H,(H,16,17)/b15-10-. The first kappa shape index (κ1) is 12.6. The summed E-state index contributed by atoms with van der Waals surface area (Å²) in [5.74, 6) is 0.243. The predicted molar refractivity (Wildman–Crippen MR) is 77.3 cm³/mol. The van der Waals surface area contributed by atoms with Gasteiger partial charge in [-0.25, -0.2) is 0 Å². The molecule has 2 aromatic rings. The van der Waals surface area contributed by atoms with Crippen LogP contribution in [0.2, 0.25) is 0 Å². The topological polar surface area (TPSA) is 70.9 Å². The lowest BCUT2D eigenvalue weighted by molar-refractivity contribution is 0.599. The summed E-state index contributed by atoms with van der Waals surface area (Å²) in [5, 5.41) is 4.02. The lowest BCUT2D eigenvalue weighted by atomic mass is 10.2. The van der Waals surface area contributed by atoms with Crippen molar-refractivity contribution in [3.63, 3.8) is 0 Å². The van der Waals surface area contributed by atoms with E-state index in [9.17, 15) is 8.42 Å². The second-order valence-electron chi connectivity index (χ2n) is 4.19. The Morgan fingerprint density at radius 2 is 1.70 bits per heavy atom. The average molecular weight is 285 g/mol. The van der Waals surface area contributed by atoms with E-state index < -0.39 is 10.0 Å². The van der Waals surface area contributed by atoms with Gasteiger partial charge in [-0.1, -0.05) is 42.5 Å². The Morgan fingerprint density at radius 3 is 2.50 bits per heavy atom. The van der Waals surface area contributed by atoms with Gasteiger partial charge in [0.05, 0.1) is 6.21 Å². The van der Waals surface area contributed by atoms with E-state index in [1.165, 1.54) is 6.07 Å². The van der Waals surface area contributed by atoms with Crippen LogP contribution in [-0.2, 0) is 10.0 Å². The molecule has 3 rings (SSSR count). The molecule has 1 heterocycles. The van der Waals surface area contributed by atoms with Crippen molar-refractivity contribution in [1.29, 1.82) is 0 Å². The highest BCUT2D eigenvalue weighted by atomic mass is 32.2. The lowest BCUT2D eigenvalue weighted by Gasteiger charge is -2.00. The Labute approximate surface area is 116 Å². The number of nitrogens with one attached hydrogen (secondary N) is 1. The molecule has 0 amide bonds. The molecule has 6 heteroatoms. The van der Waals surface area contributed by atoms with E-state index in [-0.39, 0.29) is 10.7 Å². The molecular weight excluding hydrogens is 274 g/mol. The van der Waals surface area contributed by atoms with E-state index >= 15 is 0 Å². The van der Waals surface area contributed by atoms with Gasteiger partial charge in [0.2, 0.25) is 0 Å². The van der Waals surface area contributed by atoms with Crippen LogP contribution in [0.4, 0.5) is 0 Å². The van der Waals surface area contributed by atoms with Gasteiger partial charge >= 0.3 is 0 Å². The first-order valence-electron chi connectivity index (χ1n) is 5.95. The zero-order valence-corrected chi connectivity index (χ0v) is 11.2. The number of nitrogens with zero attached hydrogens (tertiary/aromatic N) is 2. The van der Waals surface area contributed by atoms with E-state index in [1.807, 2.05) is 30.3 Å². The van der Waals surface area contributed by atoms with Crippen LogP contribution in [0.3, 0.4) is 0 Å². The van der Waals surface area contributed by atoms with Gasteiger partial charge < -0.3 is 0 Å². The van der Waals surface area contributed by atoms with E-state index in [4.69, 9.17) is 0 Å². The van der Waals surface area contributed by atoms with Crippen LogP contribution in [0.1, 0.15) is 11.1 Å². The van der Waals surface area contributed by atoms with E-state index in [1.54, 1.807) is 24.4 Å². The quantitative estimate of drug-likeness (QED) is 0.675. The molecule has 2 aromatic carbocycles. The third kappa shape index (κ3) is 2.33. The van der Waals surface area contributed by atoms with Gasteiger partial charge in [-0.2, -0.15) is 13.5 Å². The number of fused-ring (bicyclic) bond motifs is 1. The van der Waals surface area contributed by atoms with E-state index in [0.29, 0.717) is 5.56 Å². The van der Waals surface area contributed by atoms with Gasteiger partial charge in [-0.3, -0.25) is 5.43 Å². The average Bonchev–Trinajstić information content (AvgIpc) is 2.72. The monoisotopic (exact) mass is 285 g/mol. The minimum Gasteiger partial charge on any atom is -0.260 e. The van der Waals surface area contributed by atoms with Crippen molar-refractivity contribution < 1.29 is 8.42 Å². The maximum absolute atomic E-state index is 11.8. The first-order chi connectivity index (χ1) is 9.67. The van der Waals surface area contributed by atoms with Gasteiger partial charge in [0.15, 0.2) is 5.84 Å². The molecule has 0 saturated carbocycles. The van der Waals surface area contributed by atoms with Crippen molar-refractivity contribution in [2.45, 2.75) is 4.90 Å². The van der Waals surface area contributed by atoms with E-state index in [0.717, 1.165) is 5.56 Å². The smallest absolute Gasteiger partial charge is 0.260 e. The Hall–Kier alpha value is -2.47. The third-order valence-electron chi connectivity index (χ3n) is 2.82. The summed E-state index contributed by atoms with van der Waals surface area (Å²) in [6.45, 7) is 0. The molecule has 0 radical (unpaired) electrons. The molecule has 0 bridgehead atoms. The normalized spacial score (nSPS) is 15.9. The van der Waals surface area contributed by atoms with Crippen LogP contribution in [0, 0.1) is 0 Å². The zero-order valence-electron chi connectivity index (χ0n) is 10.4. The number of sulfonamides is 1. The summed E-state index contributed by atoms with van der Waals surface area (Å²) in [5.41, 5.74) is 4.13. The molecule has 0 saturated heterocycles. The molecule has 20 heavy (non-hydrogen) atoms. The summed E-state index contributed by atoms with van der Waals surface area (Å²) in [6.07, 6.45) is 1.61. The minimum atomic E-state index is -3.60. The summed E-state index contributed by atoms with van der Waals surface area (Å²) in [6, 6.07) is 16.2. The first-order valence-corrected chi connectivity index (χ1v) is 7.39. The summed E-state index contributed by atoms with van der Waals surface area (Å²) in [7, 11) is -3.60. The summed E-state index contributed by atoms with van der Waals surface area (Å²) >= 11 is 0. The van der Waals surface area contributed by atoms with Crippen LogP contribution in [0.5, 0.6) is 0 Å². The molecule has 0 unspecified atom stereocenters. The van der Waals surface area contributed by atoms with Crippen molar-refractivity contribution in [3.05, 3.63) is 65.7 Å². The van der Waals surface area contributed by atoms with Crippen LogP contribution >= 0.6 is 0 Å². The van der Waals surface area contributed by atoms with Gasteiger partial charge in [0, 0.05) is 5.56 Å². The van der Waals surface area contributed by atoms with Crippen molar-refractivity contribution >= 4 is 22.1 Å². The molecule has 5 nitrogen and oxygen atoms in total. The summed E-state index contributed by atoms with van der Waals surface area (Å²) < 4.78 is 27.3. The molecule has 100 valence electrons. The number of amidine groups is 1. The van der Waals surface area contributed by atoms with Gasteiger partial charge in [0.1, 0.15) is 4.90 Å². The van der Waals surface area contributed by atoms with Crippen molar-refractivity contribution in [3.8, 4) is 0 Å². The number of rotatable bonds is 2. The number of benzene rings is 2. The maximum Gasteiger partial charge on any atom is 0.285 e. The Bertz CT molecular complexity index is 796. The number of hydrogen-bond donors (Lipinski definition) is 1. The second kappa shape index (κ2) is 4.90. The highest BCUT2D eigenvalue weighted by Crippen LogP contribution is 2.24. The molecular formula is C14H11N3O2S. The van der Waals surface area contributed by atoms with Crippen molar-refractivity contribution in [1.82, 2.24) is 5.43 Å². The molecule has 0 aliphatic carbocycles. The Balaban J connectivity index is 1.85. The molecule has 0 spiro atoms. The third-order valence-corrected chi connectivity index (χ3v) is 4.15. The van der Waals surface area contributed by atoms with E-state index in [2.05, 4.69) is 14.9 Å². The minimum absolute atomic E-state index is 0.206. The Morgan fingerprint density at radius 1 is 1.00 bits per heavy atom. The largest absolute Gasteiger partial charge is 0.285 e. The van der Waals surface area contributed by atoms with Crippen LogP contribution < -0.4 is 5.43 Å². The van der Waals surface area contributed by atoms with Gasteiger partial charge in [0.25, 0.3) is 10.0 Å². The zero-order chi connectivity index (χ0) is 14.0. The van der Waals surface area contributed by atoms with Crippen LogP contribution in [0.15, 0.2) is 69.0 Å². The van der Waals surface area contributed by atoms with Gasteiger partial charge in [-0.05, 0) is 17.7 Å². The fraction of sp³-hybridized carbons (Fsp3) is 0. The lowest BCUT2D eigenvalue weighted by Crippen LogP contribution is -2.17. The Kier molecular flexibility index (Phi) is 3.08. The molecule has 1 aliphatic heterocycles. The van der Waals surface area contributed by atoms with Crippen molar-refractivity contribution in [2.24, 2.45) is 9.50 Å². The summed E-state index contributed by atoms with van der Waals surface area (Å²) in [4.78, 5) is 0.206. The second-order valence-corrected chi connectivity index (χ2v) is 5.76. The van der Waals surface area contributed by atoms with Gasteiger partial charge in [-0.15, -0.1) is 4.40 Å². The SMILES string of the molecule is O=S1(=O)N=C(N/N=C\c2ccccc2)c2ccccc21. The molecule has 1 N–H and O–H groups in total. The van der Waals surface area contributed by atoms with Crippen LogP contribution in [-0.4, -0.2) is 20.5 Å². The van der Waals surface area contributed by atoms with Crippen LogP contribution in [0.25, 0.3) is 0 Å². The molecule has 0 fully saturated rings. The highest BCUT2D eigenvalue weighted by Gasteiger charge is 2.27.